The van der Waals surface area contributed by atoms with Crippen molar-refractivity contribution >= 4 is 29.0 Å². The number of hydrogen-bond acceptors (Lipinski definition) is 7. The molecule has 0 saturated heterocycles. The van der Waals surface area contributed by atoms with Gasteiger partial charge < -0.3 is 10.1 Å². The van der Waals surface area contributed by atoms with E-state index in [1.165, 1.54) is 16.2 Å². The number of anilines is 1. The van der Waals surface area contributed by atoms with E-state index >= 15 is 0 Å². The van der Waals surface area contributed by atoms with Crippen LogP contribution in [-0.4, -0.2) is 46.2 Å². The summed E-state index contributed by atoms with van der Waals surface area (Å²) in [5, 5.41) is 11.8. The molecule has 8 nitrogen and oxygen atoms in total. The molecule has 0 saturated carbocycles. The van der Waals surface area contributed by atoms with E-state index in [4.69, 9.17) is 4.74 Å². The van der Waals surface area contributed by atoms with Crippen molar-refractivity contribution in [2.24, 2.45) is 0 Å². The predicted molar refractivity (Wildman–Crippen MR) is 108 cm³/mol. The molecule has 4 rings (SSSR count). The topological polar surface area (TPSA) is 97.3 Å². The highest BCUT2D eigenvalue weighted by Gasteiger charge is 2.37. The van der Waals surface area contributed by atoms with Gasteiger partial charge in [-0.1, -0.05) is 41.7 Å². The second-order valence-corrected chi connectivity index (χ2v) is 7.72. The lowest BCUT2D eigenvalue weighted by molar-refractivity contribution is -0.121. The van der Waals surface area contributed by atoms with Gasteiger partial charge in [0.2, 0.25) is 5.01 Å². The van der Waals surface area contributed by atoms with Crippen LogP contribution in [0.4, 0.5) is 5.82 Å². The molecule has 29 heavy (non-hydrogen) atoms. The van der Waals surface area contributed by atoms with Crippen LogP contribution < -0.4 is 15.0 Å². The monoisotopic (exact) mass is 409 g/mol. The fraction of sp³-hybridized carbons (Fsp3) is 0.250. The van der Waals surface area contributed by atoms with Crippen molar-refractivity contribution < 1.29 is 14.3 Å². The molecule has 148 valence electrons. The first-order chi connectivity index (χ1) is 14.0. The van der Waals surface area contributed by atoms with Crippen molar-refractivity contribution in [1.29, 1.82) is 0 Å². The van der Waals surface area contributed by atoms with Crippen LogP contribution in [0.3, 0.4) is 0 Å². The van der Waals surface area contributed by atoms with Crippen molar-refractivity contribution in [3.63, 3.8) is 0 Å². The molecule has 1 aliphatic heterocycles. The second-order valence-electron chi connectivity index (χ2n) is 6.66. The fourth-order valence-corrected chi connectivity index (χ4v) is 3.85. The first kappa shape index (κ1) is 19.0. The Morgan fingerprint density at radius 1 is 1.21 bits per heavy atom. The number of likely N-dealkylation sites (N-methyl/N-ethyl adjacent to an activating group) is 1. The van der Waals surface area contributed by atoms with Crippen LogP contribution in [0.5, 0.6) is 5.75 Å². The van der Waals surface area contributed by atoms with Gasteiger partial charge in [-0.15, -0.1) is 10.2 Å². The van der Waals surface area contributed by atoms with E-state index in [0.717, 1.165) is 10.6 Å². The summed E-state index contributed by atoms with van der Waals surface area (Å²) in [6.07, 6.45) is 1.61. The molecule has 9 heteroatoms. The summed E-state index contributed by atoms with van der Waals surface area (Å²) in [4.78, 5) is 31.2. The fourth-order valence-electron chi connectivity index (χ4n) is 3.08. The number of benzene rings is 1. The molecule has 0 radical (unpaired) electrons. The second kappa shape index (κ2) is 7.96. The molecule has 0 bridgehead atoms. The van der Waals surface area contributed by atoms with Crippen molar-refractivity contribution in [3.8, 4) is 5.75 Å². The first-order valence-corrected chi connectivity index (χ1v) is 9.91. The lowest BCUT2D eigenvalue weighted by Gasteiger charge is -2.22. The van der Waals surface area contributed by atoms with Crippen LogP contribution in [0.15, 0.2) is 48.7 Å². The van der Waals surface area contributed by atoms with Gasteiger partial charge in [-0.05, 0) is 24.6 Å². The molecule has 3 aromatic rings. The van der Waals surface area contributed by atoms with E-state index in [1.54, 1.807) is 32.3 Å². The summed E-state index contributed by atoms with van der Waals surface area (Å²) < 4.78 is 5.86. The number of rotatable bonds is 4. The predicted octanol–water partition coefficient (Wildman–Crippen LogP) is 2.07. The molecular weight excluding hydrogens is 390 g/mol. The number of ether oxygens (including phenoxy) is 1. The lowest BCUT2D eigenvalue weighted by Crippen LogP contribution is -2.53. The van der Waals surface area contributed by atoms with Gasteiger partial charge in [-0.25, -0.2) is 4.98 Å². The zero-order valence-electron chi connectivity index (χ0n) is 15.9. The van der Waals surface area contributed by atoms with Crippen LogP contribution in [0.25, 0.3) is 0 Å². The number of aromatic nitrogens is 3. The average Bonchev–Trinajstić information content (AvgIpc) is 3.17. The zero-order valence-corrected chi connectivity index (χ0v) is 16.7. The van der Waals surface area contributed by atoms with E-state index in [0.29, 0.717) is 18.0 Å². The summed E-state index contributed by atoms with van der Waals surface area (Å²) in [5.41, 5.74) is 1.09. The maximum absolute atomic E-state index is 12.9. The van der Waals surface area contributed by atoms with Gasteiger partial charge in [0.15, 0.2) is 11.6 Å². The van der Waals surface area contributed by atoms with Crippen LogP contribution in [-0.2, 0) is 11.2 Å². The summed E-state index contributed by atoms with van der Waals surface area (Å²) in [6.45, 7) is 1.74. The zero-order chi connectivity index (χ0) is 20.4. The molecule has 0 unspecified atom stereocenters. The minimum Gasteiger partial charge on any atom is -0.484 e. The first-order valence-electron chi connectivity index (χ1n) is 9.09. The third kappa shape index (κ3) is 3.95. The standard InChI is InChI=1S/C20H19N5O3S/c1-12-16(20(27)25(2)17-14(28-12)9-6-10-21-17)22-18(26)19-24-23-15(29-19)11-13-7-4-3-5-8-13/h3-10,12,16H,11H2,1-2H3,(H,22,26)/t12-,16+/m1/s1. The van der Waals surface area contributed by atoms with Gasteiger partial charge in [0.25, 0.3) is 11.8 Å². The average molecular weight is 409 g/mol. The van der Waals surface area contributed by atoms with E-state index < -0.39 is 18.1 Å². The molecule has 1 N–H and O–H groups in total. The van der Waals surface area contributed by atoms with E-state index in [9.17, 15) is 9.59 Å². The molecule has 2 aromatic heterocycles. The van der Waals surface area contributed by atoms with Crippen molar-refractivity contribution in [1.82, 2.24) is 20.5 Å². The minimum atomic E-state index is -0.872. The Kier molecular flexibility index (Phi) is 5.22. The van der Waals surface area contributed by atoms with Gasteiger partial charge in [0.1, 0.15) is 17.2 Å². The van der Waals surface area contributed by atoms with Gasteiger partial charge >= 0.3 is 0 Å². The Morgan fingerprint density at radius 3 is 2.79 bits per heavy atom. The Balaban J connectivity index is 1.49. The number of nitrogens with one attached hydrogen (secondary N) is 1. The highest BCUT2D eigenvalue weighted by Crippen LogP contribution is 2.29. The minimum absolute atomic E-state index is 0.207. The quantitative estimate of drug-likeness (QED) is 0.709. The number of pyridine rings is 1. The molecule has 0 fully saturated rings. The molecule has 0 spiro atoms. The Hall–Kier alpha value is -3.33. The number of fused-ring (bicyclic) bond motifs is 1. The normalized spacial score (nSPS) is 18.6. The van der Waals surface area contributed by atoms with Crippen molar-refractivity contribution in [3.05, 3.63) is 64.2 Å². The maximum Gasteiger partial charge on any atom is 0.283 e. The number of amides is 2. The Morgan fingerprint density at radius 2 is 2.00 bits per heavy atom. The molecule has 3 heterocycles. The van der Waals surface area contributed by atoms with Crippen LogP contribution in [0.1, 0.15) is 27.3 Å². The summed E-state index contributed by atoms with van der Waals surface area (Å²) >= 11 is 1.21. The van der Waals surface area contributed by atoms with Crippen LogP contribution in [0, 0.1) is 0 Å². The van der Waals surface area contributed by atoms with Gasteiger partial charge in [0.05, 0.1) is 0 Å². The largest absolute Gasteiger partial charge is 0.484 e. The molecule has 0 aliphatic carbocycles. The summed E-state index contributed by atoms with van der Waals surface area (Å²) in [6, 6.07) is 12.4. The van der Waals surface area contributed by atoms with E-state index in [1.807, 2.05) is 30.3 Å². The molecule has 2 amide bonds. The molecule has 1 aromatic carbocycles. The molecule has 2 atom stereocenters. The van der Waals surface area contributed by atoms with E-state index in [-0.39, 0.29) is 10.9 Å². The number of carbonyl (C=O) groups excluding carboxylic acids is 2. The molecule has 1 aliphatic rings. The SMILES string of the molecule is C[C@H]1Oc2cccnc2N(C)C(=O)[C@H]1NC(=O)c1nnc(Cc2ccccc2)s1. The van der Waals surface area contributed by atoms with Crippen molar-refractivity contribution in [2.45, 2.75) is 25.5 Å². The highest BCUT2D eigenvalue weighted by molar-refractivity contribution is 7.13. The van der Waals surface area contributed by atoms with Crippen molar-refractivity contribution in [2.75, 3.05) is 11.9 Å². The third-order valence-corrected chi connectivity index (χ3v) is 5.52. The number of nitrogens with zero attached hydrogens (tertiary/aromatic N) is 4. The number of hydrogen-bond donors (Lipinski definition) is 1. The molecular formula is C20H19N5O3S. The maximum atomic E-state index is 12.9. The smallest absolute Gasteiger partial charge is 0.283 e. The summed E-state index contributed by atoms with van der Waals surface area (Å²) in [7, 11) is 1.61. The van der Waals surface area contributed by atoms with Gasteiger partial charge in [-0.3, -0.25) is 14.5 Å². The van der Waals surface area contributed by atoms with Gasteiger partial charge in [0, 0.05) is 19.7 Å². The van der Waals surface area contributed by atoms with Crippen LogP contribution >= 0.6 is 11.3 Å². The van der Waals surface area contributed by atoms with E-state index in [2.05, 4.69) is 20.5 Å². The summed E-state index contributed by atoms with van der Waals surface area (Å²) in [5.74, 6) is 0.149. The lowest BCUT2D eigenvalue weighted by atomic mass is 10.1. The Bertz CT molecular complexity index is 1040. The third-order valence-electron chi connectivity index (χ3n) is 4.59. The van der Waals surface area contributed by atoms with Crippen LogP contribution in [0.2, 0.25) is 0 Å². The Labute approximate surface area is 171 Å². The van der Waals surface area contributed by atoms with Gasteiger partial charge in [-0.2, -0.15) is 0 Å². The highest BCUT2D eigenvalue weighted by atomic mass is 32.1. The number of carbonyl (C=O) groups is 2.